The summed E-state index contributed by atoms with van der Waals surface area (Å²) in [6.07, 6.45) is 2.24. The number of benzene rings is 1. The van der Waals surface area contributed by atoms with Crippen molar-refractivity contribution in [1.82, 2.24) is 5.32 Å². The SMILES string of the molecule is C=CNCCCC(=O)[O-].O=C([O-])c1ccccc1.[Na+].[Na+]. The number of carboxylic acid groups (broad SMARTS) is 2. The van der Waals surface area contributed by atoms with E-state index in [0.717, 1.165) is 0 Å². The Morgan fingerprint density at radius 1 is 1.15 bits per heavy atom. The third kappa shape index (κ3) is 15.8. The van der Waals surface area contributed by atoms with E-state index in [9.17, 15) is 19.8 Å². The monoisotopic (exact) mass is 295 g/mol. The van der Waals surface area contributed by atoms with Gasteiger partial charge in [0, 0.05) is 12.5 Å². The molecule has 0 saturated heterocycles. The molecule has 0 aliphatic heterocycles. The van der Waals surface area contributed by atoms with Crippen LogP contribution in [0.2, 0.25) is 0 Å². The van der Waals surface area contributed by atoms with E-state index in [1.54, 1.807) is 18.2 Å². The number of carbonyl (C=O) groups is 2. The summed E-state index contributed by atoms with van der Waals surface area (Å²) in [6, 6.07) is 8.06. The summed E-state index contributed by atoms with van der Waals surface area (Å²) < 4.78 is 0. The molecular weight excluding hydrogens is 280 g/mol. The second kappa shape index (κ2) is 16.8. The quantitative estimate of drug-likeness (QED) is 0.416. The van der Waals surface area contributed by atoms with Gasteiger partial charge in [0.1, 0.15) is 0 Å². The first kappa shape index (κ1) is 24.7. The molecular formula is C13H15NNa2O4. The van der Waals surface area contributed by atoms with Crippen molar-refractivity contribution in [3.05, 3.63) is 48.7 Å². The molecule has 20 heavy (non-hydrogen) atoms. The van der Waals surface area contributed by atoms with Crippen LogP contribution in [0.3, 0.4) is 0 Å². The Balaban J connectivity index is -0.000000263. The van der Waals surface area contributed by atoms with Crippen molar-refractivity contribution in [2.24, 2.45) is 0 Å². The van der Waals surface area contributed by atoms with E-state index in [0.29, 0.717) is 13.0 Å². The minimum Gasteiger partial charge on any atom is -0.550 e. The van der Waals surface area contributed by atoms with Crippen LogP contribution in [0.4, 0.5) is 0 Å². The molecule has 98 valence electrons. The maximum Gasteiger partial charge on any atom is 1.00 e. The fraction of sp³-hybridized carbons (Fsp3) is 0.231. The average molecular weight is 295 g/mol. The standard InChI is InChI=1S/C7H6O2.C6H11NO2.2Na/c8-7(9)6-4-2-1-3-5-6;1-2-7-5-3-4-6(8)9;;/h1-5H,(H,8,9);2,7H,1,3-5H2,(H,8,9);;/q;;2*+1/p-2. The van der Waals surface area contributed by atoms with Crippen molar-refractivity contribution in [2.75, 3.05) is 6.54 Å². The van der Waals surface area contributed by atoms with Crippen molar-refractivity contribution in [3.63, 3.8) is 0 Å². The Labute approximate surface area is 163 Å². The van der Waals surface area contributed by atoms with E-state index in [1.165, 1.54) is 18.3 Å². The first-order valence-electron chi connectivity index (χ1n) is 5.38. The molecule has 0 amide bonds. The van der Waals surface area contributed by atoms with E-state index in [4.69, 9.17) is 0 Å². The molecule has 0 bridgehead atoms. The number of hydrogen-bond acceptors (Lipinski definition) is 5. The van der Waals surface area contributed by atoms with E-state index in [1.807, 2.05) is 0 Å². The summed E-state index contributed by atoms with van der Waals surface area (Å²) >= 11 is 0. The van der Waals surface area contributed by atoms with Crippen molar-refractivity contribution >= 4 is 11.9 Å². The minimum atomic E-state index is -1.13. The molecule has 0 aromatic heterocycles. The molecule has 1 aromatic rings. The summed E-state index contributed by atoms with van der Waals surface area (Å²) in [7, 11) is 0. The zero-order chi connectivity index (χ0) is 13.8. The van der Waals surface area contributed by atoms with E-state index in [2.05, 4.69) is 11.9 Å². The van der Waals surface area contributed by atoms with Gasteiger partial charge in [-0.2, -0.15) is 0 Å². The van der Waals surface area contributed by atoms with Crippen LogP contribution in [-0.2, 0) is 4.79 Å². The molecule has 7 heteroatoms. The molecule has 0 spiro atoms. The zero-order valence-electron chi connectivity index (χ0n) is 11.9. The summed E-state index contributed by atoms with van der Waals surface area (Å²) in [4.78, 5) is 19.9. The molecule has 0 atom stereocenters. The third-order valence-corrected chi connectivity index (χ3v) is 1.86. The number of nitrogens with one attached hydrogen (secondary N) is 1. The molecule has 1 N–H and O–H groups in total. The largest absolute Gasteiger partial charge is 1.00 e. The first-order chi connectivity index (χ1) is 8.57. The Hall–Kier alpha value is -0.300. The number of carbonyl (C=O) groups excluding carboxylic acids is 2. The molecule has 0 aliphatic rings. The van der Waals surface area contributed by atoms with Crippen LogP contribution < -0.4 is 74.6 Å². The predicted molar refractivity (Wildman–Crippen MR) is 63.2 cm³/mol. The number of hydrogen-bond donors (Lipinski definition) is 1. The van der Waals surface area contributed by atoms with Crippen LogP contribution in [0, 0.1) is 0 Å². The van der Waals surface area contributed by atoms with Gasteiger partial charge in [-0.15, -0.1) is 0 Å². The fourth-order valence-electron chi connectivity index (χ4n) is 1.01. The van der Waals surface area contributed by atoms with Gasteiger partial charge in [-0.3, -0.25) is 0 Å². The second-order valence-electron chi connectivity index (χ2n) is 3.29. The fourth-order valence-corrected chi connectivity index (χ4v) is 1.01. The van der Waals surface area contributed by atoms with Crippen LogP contribution in [0.15, 0.2) is 43.1 Å². The normalized spacial score (nSPS) is 7.80. The van der Waals surface area contributed by atoms with Crippen molar-refractivity contribution in [3.8, 4) is 0 Å². The summed E-state index contributed by atoms with van der Waals surface area (Å²) in [5.74, 6) is -2.13. The van der Waals surface area contributed by atoms with Gasteiger partial charge in [-0.05, 0) is 24.6 Å². The van der Waals surface area contributed by atoms with Gasteiger partial charge in [0.25, 0.3) is 0 Å². The van der Waals surface area contributed by atoms with Crippen molar-refractivity contribution in [2.45, 2.75) is 12.8 Å². The van der Waals surface area contributed by atoms with Gasteiger partial charge in [0.2, 0.25) is 0 Å². The Morgan fingerprint density at radius 3 is 2.05 bits per heavy atom. The van der Waals surface area contributed by atoms with E-state index < -0.39 is 11.9 Å². The Bertz CT molecular complexity index is 385. The topological polar surface area (TPSA) is 92.3 Å². The zero-order valence-corrected chi connectivity index (χ0v) is 15.9. The van der Waals surface area contributed by atoms with Crippen LogP contribution in [0.5, 0.6) is 0 Å². The first-order valence-corrected chi connectivity index (χ1v) is 5.38. The van der Waals surface area contributed by atoms with Crippen LogP contribution in [0.1, 0.15) is 23.2 Å². The average Bonchev–Trinajstić information content (AvgIpc) is 2.36. The maximum atomic E-state index is 10.1. The number of aliphatic carboxylic acids is 1. The third-order valence-electron chi connectivity index (χ3n) is 1.86. The van der Waals surface area contributed by atoms with Gasteiger partial charge in [-0.25, -0.2) is 0 Å². The summed E-state index contributed by atoms with van der Waals surface area (Å²) in [5.41, 5.74) is 0.220. The maximum absolute atomic E-state index is 10.1. The van der Waals surface area contributed by atoms with Gasteiger partial charge in [-0.1, -0.05) is 36.9 Å². The number of carboxylic acids is 2. The molecule has 0 radical (unpaired) electrons. The Kier molecular flexibility index (Phi) is 20.7. The Morgan fingerprint density at radius 2 is 1.70 bits per heavy atom. The van der Waals surface area contributed by atoms with Gasteiger partial charge in [0.05, 0.1) is 5.97 Å². The van der Waals surface area contributed by atoms with Crippen LogP contribution in [0.25, 0.3) is 0 Å². The molecule has 0 heterocycles. The number of rotatable bonds is 6. The van der Waals surface area contributed by atoms with Gasteiger partial charge < -0.3 is 25.1 Å². The summed E-state index contributed by atoms with van der Waals surface area (Å²) in [5, 5.41) is 22.7. The van der Waals surface area contributed by atoms with E-state index >= 15 is 0 Å². The van der Waals surface area contributed by atoms with Gasteiger partial charge >= 0.3 is 59.1 Å². The molecule has 0 aliphatic carbocycles. The second-order valence-corrected chi connectivity index (χ2v) is 3.29. The predicted octanol–water partition coefficient (Wildman–Crippen LogP) is -6.69. The smallest absolute Gasteiger partial charge is 0.550 e. The molecule has 1 rings (SSSR count). The van der Waals surface area contributed by atoms with Crippen LogP contribution >= 0.6 is 0 Å². The molecule has 1 aromatic carbocycles. The molecule has 0 fully saturated rings. The summed E-state index contributed by atoms with van der Waals surface area (Å²) in [6.45, 7) is 4.05. The molecule has 5 nitrogen and oxygen atoms in total. The number of aromatic carboxylic acids is 1. The minimum absolute atomic E-state index is 0. The molecule has 0 saturated carbocycles. The van der Waals surface area contributed by atoms with Crippen molar-refractivity contribution in [1.29, 1.82) is 0 Å². The van der Waals surface area contributed by atoms with Crippen molar-refractivity contribution < 1.29 is 78.9 Å². The van der Waals surface area contributed by atoms with Crippen LogP contribution in [-0.4, -0.2) is 18.5 Å². The van der Waals surface area contributed by atoms with E-state index in [-0.39, 0.29) is 71.1 Å². The van der Waals surface area contributed by atoms with Gasteiger partial charge in [0.15, 0.2) is 0 Å². The molecule has 0 unspecified atom stereocenters.